The quantitative estimate of drug-likeness (QED) is 0.826. The molecule has 1 saturated heterocycles. The van der Waals surface area contributed by atoms with Gasteiger partial charge < -0.3 is 14.7 Å². The summed E-state index contributed by atoms with van der Waals surface area (Å²) in [6, 6.07) is 3.63. The first-order valence-corrected chi connectivity index (χ1v) is 5.18. The van der Waals surface area contributed by atoms with Crippen molar-refractivity contribution in [1.82, 2.24) is 4.98 Å². The summed E-state index contributed by atoms with van der Waals surface area (Å²) >= 11 is 0. The van der Waals surface area contributed by atoms with E-state index in [2.05, 4.69) is 4.98 Å². The van der Waals surface area contributed by atoms with Gasteiger partial charge in [-0.05, 0) is 18.6 Å². The van der Waals surface area contributed by atoms with Crippen molar-refractivity contribution in [3.05, 3.63) is 23.9 Å². The Kier molecular flexibility index (Phi) is 3.05. The molecule has 1 aromatic heterocycles. The Morgan fingerprint density at radius 3 is 2.94 bits per heavy atom. The van der Waals surface area contributed by atoms with Crippen molar-refractivity contribution in [1.29, 1.82) is 0 Å². The van der Waals surface area contributed by atoms with Crippen LogP contribution in [0.5, 0.6) is 0 Å². The summed E-state index contributed by atoms with van der Waals surface area (Å²) in [7, 11) is 1.95. The molecule has 16 heavy (non-hydrogen) atoms. The van der Waals surface area contributed by atoms with Crippen LogP contribution >= 0.6 is 0 Å². The number of likely N-dealkylation sites (N-methyl/N-ethyl adjacent to an activating group) is 1. The summed E-state index contributed by atoms with van der Waals surface area (Å²) in [5, 5.41) is 8.75. The fraction of sp³-hybridized carbons (Fsp3) is 0.455. The molecule has 1 N–H and O–H groups in total. The van der Waals surface area contributed by atoms with Crippen molar-refractivity contribution in [2.24, 2.45) is 0 Å². The summed E-state index contributed by atoms with van der Waals surface area (Å²) in [6.45, 7) is 1.49. The topological polar surface area (TPSA) is 62.7 Å². The van der Waals surface area contributed by atoms with Gasteiger partial charge >= 0.3 is 5.97 Å². The number of aromatic nitrogens is 1. The number of nitrogens with zero attached hydrogens (tertiary/aromatic N) is 2. The van der Waals surface area contributed by atoms with Gasteiger partial charge in [-0.25, -0.2) is 9.78 Å². The van der Waals surface area contributed by atoms with Gasteiger partial charge in [0.1, 0.15) is 5.82 Å². The molecule has 5 heteroatoms. The third kappa shape index (κ3) is 2.14. The minimum Gasteiger partial charge on any atom is -0.478 e. The first-order valence-electron chi connectivity index (χ1n) is 5.18. The van der Waals surface area contributed by atoms with Crippen LogP contribution < -0.4 is 4.90 Å². The first-order chi connectivity index (χ1) is 7.68. The Balaban J connectivity index is 2.11. The minimum absolute atomic E-state index is 0.208. The third-order valence-electron chi connectivity index (χ3n) is 2.81. The van der Waals surface area contributed by atoms with E-state index in [0.717, 1.165) is 18.8 Å². The number of anilines is 1. The number of hydrogen-bond donors (Lipinski definition) is 1. The number of ether oxygens (including phenoxy) is 1. The second-order valence-electron chi connectivity index (χ2n) is 3.84. The molecule has 1 aliphatic rings. The molecule has 0 radical (unpaired) electrons. The van der Waals surface area contributed by atoms with Crippen LogP contribution in [0.1, 0.15) is 16.8 Å². The normalized spacial score (nSPS) is 19.7. The first kappa shape index (κ1) is 10.9. The maximum atomic E-state index is 10.7. The Hall–Kier alpha value is -1.62. The highest BCUT2D eigenvalue weighted by molar-refractivity contribution is 5.87. The summed E-state index contributed by atoms with van der Waals surface area (Å²) < 4.78 is 5.30. The molecule has 1 aromatic rings. The molecule has 0 spiro atoms. The highest BCUT2D eigenvalue weighted by atomic mass is 16.5. The van der Waals surface area contributed by atoms with Gasteiger partial charge in [0, 0.05) is 19.9 Å². The SMILES string of the molecule is CN(c1ccc(C(=O)O)cn1)C1CCOC1. The minimum atomic E-state index is -0.953. The summed E-state index contributed by atoms with van der Waals surface area (Å²) in [4.78, 5) is 16.8. The van der Waals surface area contributed by atoms with E-state index < -0.39 is 5.97 Å². The van der Waals surface area contributed by atoms with Gasteiger partial charge in [-0.2, -0.15) is 0 Å². The zero-order valence-electron chi connectivity index (χ0n) is 9.09. The molecule has 1 aliphatic heterocycles. The smallest absolute Gasteiger partial charge is 0.337 e. The molecule has 86 valence electrons. The maximum absolute atomic E-state index is 10.7. The highest BCUT2D eigenvalue weighted by Crippen LogP contribution is 2.17. The highest BCUT2D eigenvalue weighted by Gasteiger charge is 2.21. The van der Waals surface area contributed by atoms with Crippen LogP contribution in [-0.2, 0) is 4.74 Å². The second kappa shape index (κ2) is 4.49. The number of aromatic carboxylic acids is 1. The van der Waals surface area contributed by atoms with E-state index in [9.17, 15) is 4.79 Å². The van der Waals surface area contributed by atoms with Crippen molar-refractivity contribution >= 4 is 11.8 Å². The number of rotatable bonds is 3. The van der Waals surface area contributed by atoms with Gasteiger partial charge in [0.2, 0.25) is 0 Å². The zero-order chi connectivity index (χ0) is 11.5. The maximum Gasteiger partial charge on any atom is 0.337 e. The van der Waals surface area contributed by atoms with Gasteiger partial charge in [-0.15, -0.1) is 0 Å². The molecule has 0 aromatic carbocycles. The predicted molar refractivity (Wildman–Crippen MR) is 58.8 cm³/mol. The molecule has 0 bridgehead atoms. The van der Waals surface area contributed by atoms with Crippen LogP contribution in [0.3, 0.4) is 0 Å². The molecule has 2 rings (SSSR count). The molecule has 5 nitrogen and oxygen atoms in total. The monoisotopic (exact) mass is 222 g/mol. The van der Waals surface area contributed by atoms with Crippen LogP contribution in [0.15, 0.2) is 18.3 Å². The Bertz CT molecular complexity index is 371. The molecule has 2 heterocycles. The van der Waals surface area contributed by atoms with Crippen LogP contribution in [0, 0.1) is 0 Å². The van der Waals surface area contributed by atoms with E-state index in [1.165, 1.54) is 6.20 Å². The van der Waals surface area contributed by atoms with E-state index in [1.807, 2.05) is 11.9 Å². The lowest BCUT2D eigenvalue weighted by Crippen LogP contribution is -2.32. The number of carbonyl (C=O) groups is 1. The molecule has 0 saturated carbocycles. The largest absolute Gasteiger partial charge is 0.478 e. The van der Waals surface area contributed by atoms with Crippen molar-refractivity contribution in [2.45, 2.75) is 12.5 Å². The number of carboxylic acids is 1. The fourth-order valence-electron chi connectivity index (χ4n) is 1.74. The molecular weight excluding hydrogens is 208 g/mol. The molecule has 0 aliphatic carbocycles. The summed E-state index contributed by atoms with van der Waals surface area (Å²) in [5.41, 5.74) is 0.208. The Morgan fingerprint density at radius 1 is 1.62 bits per heavy atom. The summed E-state index contributed by atoms with van der Waals surface area (Å²) in [6.07, 6.45) is 2.36. The number of carboxylic acid groups (broad SMARTS) is 1. The molecule has 1 fully saturated rings. The lowest BCUT2D eigenvalue weighted by atomic mass is 10.2. The van der Waals surface area contributed by atoms with Crippen LogP contribution in [-0.4, -0.2) is 42.4 Å². The summed E-state index contributed by atoms with van der Waals surface area (Å²) in [5.74, 6) is -0.175. The van der Waals surface area contributed by atoms with E-state index in [0.29, 0.717) is 12.6 Å². The zero-order valence-corrected chi connectivity index (χ0v) is 9.09. The fourth-order valence-corrected chi connectivity index (χ4v) is 1.74. The molecule has 1 atom stereocenters. The van der Waals surface area contributed by atoms with Crippen LogP contribution in [0.25, 0.3) is 0 Å². The molecule has 1 unspecified atom stereocenters. The lowest BCUT2D eigenvalue weighted by molar-refractivity contribution is 0.0696. The van der Waals surface area contributed by atoms with E-state index in [1.54, 1.807) is 12.1 Å². The van der Waals surface area contributed by atoms with Gasteiger partial charge in [0.05, 0.1) is 18.2 Å². The standard InChI is InChI=1S/C11H14N2O3/c1-13(9-4-5-16-7-9)10-3-2-8(6-12-10)11(14)15/h2-3,6,9H,4-5,7H2,1H3,(H,14,15). The van der Waals surface area contributed by atoms with Gasteiger partial charge in [-0.1, -0.05) is 0 Å². The third-order valence-corrected chi connectivity index (χ3v) is 2.81. The van der Waals surface area contributed by atoms with Gasteiger partial charge in [0.25, 0.3) is 0 Å². The van der Waals surface area contributed by atoms with Gasteiger partial charge in [-0.3, -0.25) is 0 Å². The second-order valence-corrected chi connectivity index (χ2v) is 3.84. The van der Waals surface area contributed by atoms with E-state index >= 15 is 0 Å². The number of pyridine rings is 1. The van der Waals surface area contributed by atoms with Crippen molar-refractivity contribution in [3.63, 3.8) is 0 Å². The lowest BCUT2D eigenvalue weighted by Gasteiger charge is -2.24. The number of hydrogen-bond acceptors (Lipinski definition) is 4. The van der Waals surface area contributed by atoms with Crippen LogP contribution in [0.4, 0.5) is 5.82 Å². The average Bonchev–Trinajstić information content (AvgIpc) is 2.81. The molecule has 0 amide bonds. The van der Waals surface area contributed by atoms with Crippen LogP contribution in [0.2, 0.25) is 0 Å². The predicted octanol–water partition coefficient (Wildman–Crippen LogP) is 1.00. The van der Waals surface area contributed by atoms with Crippen molar-refractivity contribution in [2.75, 3.05) is 25.2 Å². The van der Waals surface area contributed by atoms with Gasteiger partial charge in [0.15, 0.2) is 0 Å². The Morgan fingerprint density at radius 2 is 2.44 bits per heavy atom. The Labute approximate surface area is 93.7 Å². The van der Waals surface area contributed by atoms with Crippen molar-refractivity contribution in [3.8, 4) is 0 Å². The van der Waals surface area contributed by atoms with E-state index in [4.69, 9.17) is 9.84 Å². The molecular formula is C11H14N2O3. The van der Waals surface area contributed by atoms with Crippen molar-refractivity contribution < 1.29 is 14.6 Å². The van der Waals surface area contributed by atoms with E-state index in [-0.39, 0.29) is 5.56 Å². The average molecular weight is 222 g/mol.